The summed E-state index contributed by atoms with van der Waals surface area (Å²) in [4.78, 5) is 2.54. The Morgan fingerprint density at radius 3 is 1.90 bits per heavy atom. The molecule has 0 N–H and O–H groups in total. The van der Waals surface area contributed by atoms with Gasteiger partial charge in [-0.1, -0.05) is 153 Å². The highest BCUT2D eigenvalue weighted by atomic mass is 32.1. The van der Waals surface area contributed by atoms with Crippen LogP contribution >= 0.6 is 11.3 Å². The molecular formula is C46H37NS. The van der Waals surface area contributed by atoms with Gasteiger partial charge in [0.15, 0.2) is 0 Å². The molecule has 0 spiro atoms. The van der Waals surface area contributed by atoms with E-state index in [0.717, 1.165) is 0 Å². The van der Waals surface area contributed by atoms with Gasteiger partial charge in [-0.3, -0.25) is 0 Å². The normalized spacial score (nSPS) is 13.8. The van der Waals surface area contributed by atoms with Crippen LogP contribution in [-0.4, -0.2) is 0 Å². The molecule has 1 aliphatic rings. The third kappa shape index (κ3) is 5.00. The molecule has 232 valence electrons. The molecule has 9 rings (SSSR count). The molecule has 1 aromatic heterocycles. The van der Waals surface area contributed by atoms with Crippen LogP contribution in [0.1, 0.15) is 43.6 Å². The Kier molecular flexibility index (Phi) is 7.52. The number of para-hydroxylation sites is 2. The molecule has 1 fully saturated rings. The van der Waals surface area contributed by atoms with Crippen molar-refractivity contribution in [1.29, 1.82) is 0 Å². The number of hydrogen-bond acceptors (Lipinski definition) is 2. The monoisotopic (exact) mass is 635 g/mol. The lowest BCUT2D eigenvalue weighted by Gasteiger charge is -2.31. The molecule has 1 heterocycles. The fraction of sp³-hybridized carbons (Fsp3) is 0.130. The first kappa shape index (κ1) is 29.0. The van der Waals surface area contributed by atoms with Gasteiger partial charge in [-0.2, -0.15) is 0 Å². The van der Waals surface area contributed by atoms with E-state index in [1.54, 1.807) is 0 Å². The maximum atomic E-state index is 2.54. The summed E-state index contributed by atoms with van der Waals surface area (Å²) >= 11 is 1.89. The van der Waals surface area contributed by atoms with Crippen molar-refractivity contribution >= 4 is 59.3 Å². The molecule has 0 amide bonds. The molecule has 1 saturated carbocycles. The Morgan fingerprint density at radius 1 is 0.458 bits per heavy atom. The Morgan fingerprint density at radius 2 is 1.06 bits per heavy atom. The van der Waals surface area contributed by atoms with E-state index in [2.05, 4.69) is 163 Å². The number of nitrogens with zero attached hydrogens (tertiary/aromatic N) is 1. The second kappa shape index (κ2) is 12.4. The Labute approximate surface area is 286 Å². The van der Waals surface area contributed by atoms with E-state index in [1.165, 1.54) is 108 Å². The average molecular weight is 636 g/mol. The lowest BCUT2D eigenvalue weighted by Crippen LogP contribution is -2.13. The summed E-state index contributed by atoms with van der Waals surface area (Å²) in [6, 6.07) is 58.3. The summed E-state index contributed by atoms with van der Waals surface area (Å²) in [6.07, 6.45) is 6.56. The van der Waals surface area contributed by atoms with Crippen LogP contribution in [-0.2, 0) is 0 Å². The number of hydrogen-bond donors (Lipinski definition) is 0. The van der Waals surface area contributed by atoms with E-state index in [9.17, 15) is 0 Å². The minimum atomic E-state index is 0.609. The second-order valence-electron chi connectivity index (χ2n) is 13.1. The quantitative estimate of drug-likeness (QED) is 0.176. The largest absolute Gasteiger partial charge is 0.308 e. The van der Waals surface area contributed by atoms with Crippen molar-refractivity contribution in [2.75, 3.05) is 4.90 Å². The number of rotatable bonds is 6. The van der Waals surface area contributed by atoms with Crippen LogP contribution in [0.5, 0.6) is 0 Å². The van der Waals surface area contributed by atoms with Gasteiger partial charge in [0.05, 0.1) is 21.8 Å². The van der Waals surface area contributed by atoms with Crippen LogP contribution in [0.4, 0.5) is 17.1 Å². The van der Waals surface area contributed by atoms with Crippen molar-refractivity contribution < 1.29 is 0 Å². The number of fused-ring (bicyclic) bond motifs is 4. The fourth-order valence-electron chi connectivity index (χ4n) is 8.07. The van der Waals surface area contributed by atoms with E-state index in [1.807, 2.05) is 11.3 Å². The van der Waals surface area contributed by atoms with Crippen molar-refractivity contribution in [3.05, 3.63) is 163 Å². The summed E-state index contributed by atoms with van der Waals surface area (Å²) in [5, 5.41) is 5.36. The van der Waals surface area contributed by atoms with Crippen LogP contribution in [0.25, 0.3) is 53.2 Å². The first-order valence-electron chi connectivity index (χ1n) is 17.3. The molecule has 8 aromatic rings. The maximum absolute atomic E-state index is 2.54. The molecular weight excluding hydrogens is 599 g/mol. The summed E-state index contributed by atoms with van der Waals surface area (Å²) in [6.45, 7) is 0. The first-order chi connectivity index (χ1) is 23.8. The Balaban J connectivity index is 1.35. The zero-order valence-corrected chi connectivity index (χ0v) is 27.8. The molecule has 2 heteroatoms. The highest BCUT2D eigenvalue weighted by molar-refractivity contribution is 7.26. The van der Waals surface area contributed by atoms with E-state index in [4.69, 9.17) is 0 Å². The lowest BCUT2D eigenvalue weighted by atomic mass is 9.80. The molecule has 0 bridgehead atoms. The Bertz CT molecular complexity index is 2390. The zero-order valence-electron chi connectivity index (χ0n) is 27.0. The summed E-state index contributed by atoms with van der Waals surface area (Å²) in [5.74, 6) is 0.609. The molecule has 1 nitrogen and oxygen atoms in total. The maximum Gasteiger partial charge on any atom is 0.0640 e. The van der Waals surface area contributed by atoms with Gasteiger partial charge in [0.25, 0.3) is 0 Å². The highest BCUT2D eigenvalue weighted by Crippen LogP contribution is 2.50. The molecule has 0 radical (unpaired) electrons. The summed E-state index contributed by atoms with van der Waals surface area (Å²) in [5.41, 5.74) is 10.1. The van der Waals surface area contributed by atoms with Crippen molar-refractivity contribution in [1.82, 2.24) is 0 Å². The van der Waals surface area contributed by atoms with Crippen molar-refractivity contribution in [2.24, 2.45) is 0 Å². The smallest absolute Gasteiger partial charge is 0.0640 e. The molecule has 0 unspecified atom stereocenters. The van der Waals surface area contributed by atoms with Crippen LogP contribution in [0.3, 0.4) is 0 Å². The van der Waals surface area contributed by atoms with Crippen LogP contribution in [0.15, 0.2) is 158 Å². The summed E-state index contributed by atoms with van der Waals surface area (Å²) in [7, 11) is 0. The van der Waals surface area contributed by atoms with Gasteiger partial charge in [-0.15, -0.1) is 11.3 Å². The molecule has 1 aliphatic carbocycles. The van der Waals surface area contributed by atoms with Gasteiger partial charge >= 0.3 is 0 Å². The molecule has 0 saturated heterocycles. The third-order valence-electron chi connectivity index (χ3n) is 10.3. The van der Waals surface area contributed by atoms with Gasteiger partial charge < -0.3 is 4.90 Å². The molecule has 0 atom stereocenters. The minimum Gasteiger partial charge on any atom is -0.308 e. The van der Waals surface area contributed by atoms with Gasteiger partial charge in [0.2, 0.25) is 0 Å². The van der Waals surface area contributed by atoms with Crippen LogP contribution in [0, 0.1) is 0 Å². The van der Waals surface area contributed by atoms with E-state index < -0.39 is 0 Å². The number of anilines is 3. The van der Waals surface area contributed by atoms with E-state index in [0.29, 0.717) is 5.92 Å². The topological polar surface area (TPSA) is 3.24 Å². The predicted molar refractivity (Wildman–Crippen MR) is 208 cm³/mol. The fourth-order valence-corrected chi connectivity index (χ4v) is 9.28. The molecule has 0 aliphatic heterocycles. The van der Waals surface area contributed by atoms with Gasteiger partial charge in [0.1, 0.15) is 0 Å². The number of thiophene rings is 1. The standard InChI is InChI=1S/C46H37NS/c1-3-16-32(17-4-1)35-22-7-10-28-41(35)47(43-30-15-27-40-38-24-9-12-31-44(38)48-46(40)43)42-29-11-8-23-37(42)39-26-14-21-34-20-13-25-36(45(34)39)33-18-5-2-6-19-33/h1,3-4,7-17,20-31,33H,2,5-6,18-19H2. The van der Waals surface area contributed by atoms with Gasteiger partial charge in [-0.05, 0) is 70.5 Å². The SMILES string of the molecule is c1ccc(-c2ccccc2N(c2ccccc2-c2cccc3cccc(C4CCCCC4)c23)c2cccc3c2sc2ccccc23)cc1. The minimum absolute atomic E-state index is 0.609. The van der Waals surface area contributed by atoms with Crippen LogP contribution < -0.4 is 4.90 Å². The zero-order chi connectivity index (χ0) is 31.9. The van der Waals surface area contributed by atoms with Crippen molar-refractivity contribution in [3.8, 4) is 22.3 Å². The lowest BCUT2D eigenvalue weighted by molar-refractivity contribution is 0.445. The average Bonchev–Trinajstić information content (AvgIpc) is 3.55. The van der Waals surface area contributed by atoms with E-state index >= 15 is 0 Å². The molecule has 7 aromatic carbocycles. The van der Waals surface area contributed by atoms with Crippen molar-refractivity contribution in [2.45, 2.75) is 38.0 Å². The second-order valence-corrected chi connectivity index (χ2v) is 14.1. The van der Waals surface area contributed by atoms with Gasteiger partial charge in [0, 0.05) is 26.6 Å². The first-order valence-corrected chi connectivity index (χ1v) is 18.1. The molecule has 48 heavy (non-hydrogen) atoms. The van der Waals surface area contributed by atoms with Crippen LogP contribution in [0.2, 0.25) is 0 Å². The van der Waals surface area contributed by atoms with E-state index in [-0.39, 0.29) is 0 Å². The highest BCUT2D eigenvalue weighted by Gasteiger charge is 2.25. The van der Waals surface area contributed by atoms with Crippen molar-refractivity contribution in [3.63, 3.8) is 0 Å². The summed E-state index contributed by atoms with van der Waals surface area (Å²) < 4.78 is 2.62. The number of benzene rings is 7. The van der Waals surface area contributed by atoms with Gasteiger partial charge in [-0.25, -0.2) is 0 Å². The predicted octanol–water partition coefficient (Wildman–Crippen LogP) is 14.1. The Hall–Kier alpha value is -5.18. The third-order valence-corrected chi connectivity index (χ3v) is 11.5.